The number of methoxy groups -OCH3 is 1. The van der Waals surface area contributed by atoms with Crippen molar-refractivity contribution in [3.05, 3.63) is 28.8 Å². The molecule has 1 fully saturated rings. The van der Waals surface area contributed by atoms with Gasteiger partial charge in [-0.05, 0) is 31.0 Å². The van der Waals surface area contributed by atoms with Crippen LogP contribution in [0.4, 0.5) is 13.2 Å². The number of piperidine rings is 1. The van der Waals surface area contributed by atoms with E-state index in [4.69, 9.17) is 16.3 Å². The zero-order chi connectivity index (χ0) is 16.5. The van der Waals surface area contributed by atoms with Crippen LogP contribution < -0.4 is 4.74 Å². The lowest BCUT2D eigenvalue weighted by Crippen LogP contribution is -2.58. The van der Waals surface area contributed by atoms with Gasteiger partial charge in [-0.15, -0.1) is 0 Å². The molecule has 8 heteroatoms. The third kappa shape index (κ3) is 3.15. The van der Waals surface area contributed by atoms with Crippen molar-refractivity contribution in [2.24, 2.45) is 0 Å². The van der Waals surface area contributed by atoms with Gasteiger partial charge in [0, 0.05) is 11.6 Å². The summed E-state index contributed by atoms with van der Waals surface area (Å²) in [7, 11) is 1.34. The molecule has 1 unspecified atom stereocenters. The van der Waals surface area contributed by atoms with Gasteiger partial charge in [0.05, 0.1) is 19.2 Å². The lowest BCUT2D eigenvalue weighted by molar-refractivity contribution is -0.271. The monoisotopic (exact) mass is 337 g/mol. The zero-order valence-electron chi connectivity index (χ0n) is 11.8. The molecule has 1 aromatic rings. The Hall–Kier alpha value is -1.47. The van der Waals surface area contributed by atoms with Gasteiger partial charge >= 0.3 is 6.18 Å². The van der Waals surface area contributed by atoms with Crippen molar-refractivity contribution in [1.82, 2.24) is 4.90 Å². The number of nitrogens with zero attached hydrogens (tertiary/aromatic N) is 1. The van der Waals surface area contributed by atoms with E-state index in [1.54, 1.807) is 0 Å². The number of ether oxygens (including phenoxy) is 1. The zero-order valence-corrected chi connectivity index (χ0v) is 12.5. The lowest BCUT2D eigenvalue weighted by atomic mass is 9.91. The van der Waals surface area contributed by atoms with Crippen LogP contribution >= 0.6 is 11.6 Å². The number of hydrogen-bond acceptors (Lipinski definition) is 3. The van der Waals surface area contributed by atoms with E-state index in [1.807, 2.05) is 0 Å². The molecule has 0 aromatic heterocycles. The molecule has 1 amide bonds. The Morgan fingerprint density at radius 1 is 1.45 bits per heavy atom. The fraction of sp³-hybridized carbons (Fsp3) is 0.500. The maximum Gasteiger partial charge on any atom is 0.418 e. The molecule has 0 radical (unpaired) electrons. The predicted molar refractivity (Wildman–Crippen MR) is 74.1 cm³/mol. The number of β-amino-alcohol motifs (C(OH)–C–C–N with tert-alkyl or cyclic N) is 1. The average molecular weight is 338 g/mol. The molecular formula is C14H15ClF3NO3. The Balaban J connectivity index is 2.27. The summed E-state index contributed by atoms with van der Waals surface area (Å²) in [5.74, 6) is -0.450. The molecule has 22 heavy (non-hydrogen) atoms. The average Bonchev–Trinajstić information content (AvgIpc) is 2.45. The van der Waals surface area contributed by atoms with Gasteiger partial charge in [0.2, 0.25) is 0 Å². The highest BCUT2D eigenvalue weighted by Gasteiger charge is 2.56. The van der Waals surface area contributed by atoms with Crippen LogP contribution in [0.15, 0.2) is 18.2 Å². The minimum atomic E-state index is -4.78. The van der Waals surface area contributed by atoms with Crippen molar-refractivity contribution in [3.8, 4) is 5.75 Å². The molecule has 1 saturated heterocycles. The quantitative estimate of drug-likeness (QED) is 0.902. The van der Waals surface area contributed by atoms with Crippen molar-refractivity contribution >= 4 is 17.5 Å². The number of alkyl halides is 3. The first kappa shape index (κ1) is 16.9. The number of carbonyl (C=O) groups excluding carboxylic acids is 1. The van der Waals surface area contributed by atoms with Crippen LogP contribution in [0.2, 0.25) is 5.02 Å². The topological polar surface area (TPSA) is 49.8 Å². The lowest BCUT2D eigenvalue weighted by Gasteiger charge is -2.40. The SMILES string of the molecule is COc1cc(Cl)ccc1C(=O)N1CCCC(O)(C(F)(F)F)C1. The molecule has 1 atom stereocenters. The minimum Gasteiger partial charge on any atom is -0.496 e. The van der Waals surface area contributed by atoms with Gasteiger partial charge in [0.25, 0.3) is 5.91 Å². The second-order valence-electron chi connectivity index (χ2n) is 5.20. The minimum absolute atomic E-state index is 0.0671. The second-order valence-corrected chi connectivity index (χ2v) is 5.64. The Morgan fingerprint density at radius 2 is 2.14 bits per heavy atom. The molecule has 0 spiro atoms. The third-order valence-electron chi connectivity index (χ3n) is 3.68. The summed E-state index contributed by atoms with van der Waals surface area (Å²) in [5.41, 5.74) is -2.76. The highest BCUT2D eigenvalue weighted by atomic mass is 35.5. The highest BCUT2D eigenvalue weighted by Crippen LogP contribution is 2.38. The number of benzene rings is 1. The van der Waals surface area contributed by atoms with Gasteiger partial charge < -0.3 is 14.7 Å². The summed E-state index contributed by atoms with van der Waals surface area (Å²) in [6.45, 7) is -0.649. The Labute approximate surface area is 130 Å². The molecule has 1 aliphatic rings. The maximum atomic E-state index is 12.9. The van der Waals surface area contributed by atoms with Crippen LogP contribution in [0.3, 0.4) is 0 Å². The summed E-state index contributed by atoms with van der Waals surface area (Å²) >= 11 is 5.80. The molecule has 2 rings (SSSR count). The number of likely N-dealkylation sites (tertiary alicyclic amines) is 1. The smallest absolute Gasteiger partial charge is 0.418 e. The molecule has 1 N–H and O–H groups in total. The van der Waals surface area contributed by atoms with E-state index in [0.29, 0.717) is 5.02 Å². The van der Waals surface area contributed by atoms with Crippen LogP contribution in [0, 0.1) is 0 Å². The summed E-state index contributed by atoms with van der Waals surface area (Å²) in [6.07, 6.45) is -5.13. The number of aliphatic hydroxyl groups is 1. The van der Waals surface area contributed by atoms with Crippen molar-refractivity contribution in [2.45, 2.75) is 24.6 Å². The van der Waals surface area contributed by atoms with Gasteiger partial charge in [0.1, 0.15) is 5.75 Å². The van der Waals surface area contributed by atoms with E-state index >= 15 is 0 Å². The van der Waals surface area contributed by atoms with E-state index < -0.39 is 30.7 Å². The largest absolute Gasteiger partial charge is 0.496 e. The van der Waals surface area contributed by atoms with Crippen molar-refractivity contribution < 1.29 is 27.8 Å². The first-order chi connectivity index (χ1) is 10.2. The molecule has 4 nitrogen and oxygen atoms in total. The normalized spacial score (nSPS) is 22.5. The van der Waals surface area contributed by atoms with Crippen LogP contribution in [0.25, 0.3) is 0 Å². The summed E-state index contributed by atoms with van der Waals surface area (Å²) in [6, 6.07) is 4.26. The van der Waals surface area contributed by atoms with Crippen LogP contribution in [0.1, 0.15) is 23.2 Å². The number of rotatable bonds is 2. The van der Waals surface area contributed by atoms with E-state index in [1.165, 1.54) is 25.3 Å². The van der Waals surface area contributed by atoms with Crippen molar-refractivity contribution in [3.63, 3.8) is 0 Å². The van der Waals surface area contributed by atoms with Crippen LogP contribution in [-0.2, 0) is 0 Å². The molecule has 1 heterocycles. The van der Waals surface area contributed by atoms with E-state index in [0.717, 1.165) is 4.90 Å². The molecule has 0 saturated carbocycles. The van der Waals surface area contributed by atoms with Crippen LogP contribution in [0.5, 0.6) is 5.75 Å². The Morgan fingerprint density at radius 3 is 2.73 bits per heavy atom. The second kappa shape index (κ2) is 5.96. The van der Waals surface area contributed by atoms with Gasteiger partial charge in [-0.25, -0.2) is 0 Å². The molecule has 122 valence electrons. The molecule has 0 aliphatic carbocycles. The number of halogens is 4. The Kier molecular flexibility index (Phi) is 4.58. The molecule has 1 aliphatic heterocycles. The molecule has 1 aromatic carbocycles. The summed E-state index contributed by atoms with van der Waals surface area (Å²) < 4.78 is 43.8. The standard InChI is InChI=1S/C14H15ClF3NO3/c1-22-11-7-9(15)3-4-10(11)12(20)19-6-2-5-13(21,8-19)14(16,17)18/h3-4,7,21H,2,5-6,8H2,1H3. The van der Waals surface area contributed by atoms with Crippen molar-refractivity contribution in [1.29, 1.82) is 0 Å². The first-order valence-corrected chi connectivity index (χ1v) is 6.98. The van der Waals surface area contributed by atoms with E-state index in [9.17, 15) is 23.1 Å². The fourth-order valence-electron chi connectivity index (χ4n) is 2.45. The number of carbonyl (C=O) groups is 1. The van der Waals surface area contributed by atoms with Gasteiger partial charge in [-0.1, -0.05) is 11.6 Å². The Bertz CT molecular complexity index is 579. The maximum absolute atomic E-state index is 12.9. The molecular weight excluding hydrogens is 323 g/mol. The summed E-state index contributed by atoms with van der Waals surface area (Å²) in [4.78, 5) is 13.4. The number of amides is 1. The van der Waals surface area contributed by atoms with Gasteiger partial charge in [0.15, 0.2) is 5.60 Å². The van der Waals surface area contributed by atoms with E-state index in [-0.39, 0.29) is 24.3 Å². The van der Waals surface area contributed by atoms with Crippen molar-refractivity contribution in [2.75, 3.05) is 20.2 Å². The van der Waals surface area contributed by atoms with E-state index in [2.05, 4.69) is 0 Å². The third-order valence-corrected chi connectivity index (χ3v) is 3.91. The van der Waals surface area contributed by atoms with Gasteiger partial charge in [-0.2, -0.15) is 13.2 Å². The first-order valence-electron chi connectivity index (χ1n) is 6.60. The fourth-order valence-corrected chi connectivity index (χ4v) is 2.62. The van der Waals surface area contributed by atoms with Crippen LogP contribution in [-0.4, -0.2) is 47.9 Å². The highest BCUT2D eigenvalue weighted by molar-refractivity contribution is 6.30. The summed E-state index contributed by atoms with van der Waals surface area (Å²) in [5, 5.41) is 10.1. The predicted octanol–water partition coefficient (Wildman–Crippen LogP) is 2.88. The number of hydrogen-bond donors (Lipinski definition) is 1. The molecule has 0 bridgehead atoms. The van der Waals surface area contributed by atoms with Gasteiger partial charge in [-0.3, -0.25) is 4.79 Å².